The van der Waals surface area contributed by atoms with Crippen LogP contribution in [0.1, 0.15) is 97.2 Å². The van der Waals surface area contributed by atoms with Gasteiger partial charge in [-0.3, -0.25) is 0 Å². The summed E-state index contributed by atoms with van der Waals surface area (Å²) in [6.45, 7) is 13.6. The van der Waals surface area contributed by atoms with Crippen molar-refractivity contribution in [1.29, 1.82) is 0 Å². The maximum absolute atomic E-state index is 16.3. The van der Waals surface area contributed by atoms with Gasteiger partial charge in [-0.2, -0.15) is 0 Å². The molecular weight excluding hydrogens is 2140 g/mol. The van der Waals surface area contributed by atoms with Crippen LogP contribution in [0.25, 0.3) is 88.3 Å². The molecule has 16 aromatic carbocycles. The minimum atomic E-state index is -3.39. The normalized spacial score (nSPS) is 15.4. The summed E-state index contributed by atoms with van der Waals surface area (Å²) in [6.07, 6.45) is 5.70. The van der Waals surface area contributed by atoms with Crippen molar-refractivity contribution in [2.24, 2.45) is 0 Å². The second kappa shape index (κ2) is 33.9. The minimum Gasteiger partial charge on any atom is -0.310 e. The van der Waals surface area contributed by atoms with Gasteiger partial charge < -0.3 is 28.6 Å². The van der Waals surface area contributed by atoms with E-state index >= 15 is 13.7 Å². The molecule has 0 saturated heterocycles. The molecule has 3 aromatic heterocycles. The largest absolute Gasteiger partial charge is 0.310 e. The molecule has 3 radical (unpaired) electrons. The van der Waals surface area contributed by atoms with Crippen LogP contribution in [0.3, 0.4) is 0 Å². The van der Waals surface area contributed by atoms with Crippen LogP contribution in [0.2, 0.25) is 0 Å². The maximum atomic E-state index is 16.3. The molecular formula is C115H85Ir3N3O3P3-3. The Morgan fingerprint density at radius 1 is 0.268 bits per heavy atom. The van der Waals surface area contributed by atoms with Crippen molar-refractivity contribution in [2.45, 2.75) is 63.2 Å². The second-order valence-corrected chi connectivity index (χ2v) is 42.6. The summed E-state index contributed by atoms with van der Waals surface area (Å²) in [5, 5.41) is 14.3. The molecule has 2 aliphatic carbocycles. The van der Waals surface area contributed by atoms with Gasteiger partial charge in [0, 0.05) is 122 Å². The van der Waals surface area contributed by atoms with Crippen LogP contribution in [0, 0.1) is 18.2 Å². The molecule has 6 nitrogen and oxygen atoms in total. The molecule has 1 atom stereocenters. The van der Waals surface area contributed by atoms with Crippen molar-refractivity contribution >= 4 is 101 Å². The Hall–Kier alpha value is -11.6. The fraction of sp³-hybridized carbons (Fsp3) is 0.0870. The zero-order chi connectivity index (χ0) is 84.3. The van der Waals surface area contributed by atoms with Crippen molar-refractivity contribution in [2.75, 3.05) is 0 Å². The van der Waals surface area contributed by atoms with E-state index in [1.165, 1.54) is 44.5 Å². The van der Waals surface area contributed by atoms with E-state index in [1.807, 2.05) is 158 Å². The number of benzene rings is 16. The summed E-state index contributed by atoms with van der Waals surface area (Å²) in [6, 6.07) is 143. The van der Waals surface area contributed by atoms with Crippen molar-refractivity contribution in [1.82, 2.24) is 15.0 Å². The first-order valence-electron chi connectivity index (χ1n) is 42.3. The Morgan fingerprint density at radius 3 is 1.07 bits per heavy atom. The third kappa shape index (κ3) is 14.1. The first kappa shape index (κ1) is 86.1. The SMILES string of the molecule is CC1(C)c2ccccc2-c2cc(P(=O)(c3cc[c-]c(-c4cc5ccccc5cn4)c3)c3ccc4c(c3)-c3ccccc3C4(C)C)ccc21.CC1(C)c2ccccc2P(=O)(c2ccccc2)c2cc(-c3cc4ccccc4cn3)[c-]cc21.O=P1(c2cc[c-]c(-c3cc4ccccc4cn3)c2)c2ccccc2C(c2ccccc2)(c2ccccc2)c2ccccc21.[Ir].[Ir].[Ir]. The molecule has 623 valence electrons. The Morgan fingerprint density at radius 2 is 0.606 bits per heavy atom. The molecule has 0 amide bonds. The fourth-order valence-electron chi connectivity index (χ4n) is 20.2. The fourth-order valence-corrected chi connectivity index (χ4v) is 29.5. The van der Waals surface area contributed by atoms with Gasteiger partial charge in [0.05, 0.1) is 5.41 Å². The first-order valence-corrected chi connectivity index (χ1v) is 47.4. The molecule has 0 spiro atoms. The first-order chi connectivity index (χ1) is 60.4. The quantitative estimate of drug-likeness (QED) is 0.100. The topological polar surface area (TPSA) is 89.9 Å². The molecule has 5 heterocycles. The van der Waals surface area contributed by atoms with Gasteiger partial charge in [0.2, 0.25) is 0 Å². The monoisotopic (exact) mass is 2230 g/mol. The number of pyridine rings is 3. The predicted octanol–water partition coefficient (Wildman–Crippen LogP) is 24.0. The van der Waals surface area contributed by atoms with Crippen LogP contribution >= 0.6 is 21.4 Å². The van der Waals surface area contributed by atoms with Crippen LogP contribution in [0.4, 0.5) is 0 Å². The number of hydrogen-bond donors (Lipinski definition) is 0. The van der Waals surface area contributed by atoms with E-state index in [-0.39, 0.29) is 76.6 Å². The van der Waals surface area contributed by atoms with E-state index in [1.54, 1.807) is 0 Å². The van der Waals surface area contributed by atoms with E-state index in [2.05, 4.69) is 308 Å². The van der Waals surface area contributed by atoms with Crippen LogP contribution < -0.4 is 47.7 Å². The average molecular weight is 2230 g/mol. The molecule has 12 heteroatoms. The number of rotatable bonds is 10. The van der Waals surface area contributed by atoms with Gasteiger partial charge in [-0.15, -0.1) is 89.0 Å². The van der Waals surface area contributed by atoms with Crippen LogP contribution in [-0.4, -0.2) is 15.0 Å². The molecule has 19 aromatic rings. The van der Waals surface area contributed by atoms with E-state index in [4.69, 9.17) is 15.0 Å². The van der Waals surface area contributed by atoms with Crippen LogP contribution in [0.5, 0.6) is 0 Å². The van der Waals surface area contributed by atoms with Gasteiger partial charge >= 0.3 is 0 Å². The van der Waals surface area contributed by atoms with E-state index in [0.29, 0.717) is 0 Å². The second-order valence-electron chi connectivity index (χ2n) is 34.4. The minimum absolute atomic E-state index is 0. The molecule has 23 rings (SSSR count). The van der Waals surface area contributed by atoms with E-state index in [9.17, 15) is 0 Å². The Bertz CT molecular complexity index is 7480. The molecule has 0 saturated carbocycles. The molecule has 2 aliphatic heterocycles. The third-order valence-electron chi connectivity index (χ3n) is 26.6. The zero-order valence-electron chi connectivity index (χ0n) is 70.6. The summed E-state index contributed by atoms with van der Waals surface area (Å²) in [5.74, 6) is 0. The molecule has 1 unspecified atom stereocenters. The summed E-state index contributed by atoms with van der Waals surface area (Å²) in [7, 11) is -9.77. The predicted molar refractivity (Wildman–Crippen MR) is 515 cm³/mol. The van der Waals surface area contributed by atoms with Crippen molar-refractivity contribution in [3.63, 3.8) is 0 Å². The summed E-state index contributed by atoms with van der Waals surface area (Å²) in [4.78, 5) is 14.3. The Kier molecular flexibility index (Phi) is 23.0. The van der Waals surface area contributed by atoms with Gasteiger partial charge in [-0.1, -0.05) is 385 Å². The molecule has 4 aliphatic rings. The third-order valence-corrected chi connectivity index (χ3v) is 35.9. The number of nitrogens with zero attached hydrogens (tertiary/aromatic N) is 3. The summed E-state index contributed by atoms with van der Waals surface area (Å²) in [5.41, 5.74) is 20.3. The number of fused-ring (bicyclic) bond motifs is 13. The smallest absolute Gasteiger partial charge is 0.154 e. The van der Waals surface area contributed by atoms with Gasteiger partial charge in [0.15, 0.2) is 21.4 Å². The van der Waals surface area contributed by atoms with Crippen molar-refractivity contribution < 1.29 is 74.0 Å². The van der Waals surface area contributed by atoms with E-state index < -0.39 is 26.8 Å². The standard InChI is InChI=1S/C45H35NOP.C40H27NOP.C30H23NOP.3Ir/c1-44(2)39-18-9-7-16-35(39)37-26-33(20-22-41(37)44)48(47,34-21-23-42-38(27-34)36-17-8-10-19-40(36)45(42,3)4)32-15-11-14-30(24-32)43-25-29-12-5-6-13-31(29)28-46-43;42-43(34-21-13-16-30(26-34)37-27-29-14-7-8-15-31(29)28-41-37)38-24-11-9-22-35(38)40(32-17-3-1-4-18-32,33-19-5-2-6-20-33)36-23-10-12-25-39(36)43;1-30(2)25-14-8-9-15-28(25)33(32,24-12-4-3-5-13-24)29-19-22(16-17-26(29)30)27-18-21-10-6-7-11-23(21)20-31-27;;;/h5-13,15-28H,1-4H3;1-15,17-28H;3-15,17-20H,1-2H3;;;/q3*-1;;;. The summed E-state index contributed by atoms with van der Waals surface area (Å²) >= 11 is 0. The van der Waals surface area contributed by atoms with Gasteiger partial charge in [-0.25, -0.2) is 0 Å². The van der Waals surface area contributed by atoms with Gasteiger partial charge in [0.25, 0.3) is 0 Å². The molecule has 0 fully saturated rings. The molecule has 0 N–H and O–H groups in total. The Labute approximate surface area is 783 Å². The van der Waals surface area contributed by atoms with Gasteiger partial charge in [0.1, 0.15) is 0 Å². The molecule has 0 bridgehead atoms. The average Bonchev–Trinajstić information content (AvgIpc) is 0.926. The summed E-state index contributed by atoms with van der Waals surface area (Å²) < 4.78 is 47.4. The van der Waals surface area contributed by atoms with Gasteiger partial charge in [-0.05, 0) is 139 Å². The Balaban J connectivity index is 0.000000129. The van der Waals surface area contributed by atoms with Crippen molar-refractivity contribution in [3.05, 3.63) is 481 Å². The van der Waals surface area contributed by atoms with E-state index in [0.717, 1.165) is 147 Å². The number of hydrogen-bond acceptors (Lipinski definition) is 6. The van der Waals surface area contributed by atoms with Crippen molar-refractivity contribution in [3.8, 4) is 56.0 Å². The molecule has 127 heavy (non-hydrogen) atoms. The number of aromatic nitrogens is 3. The maximum Gasteiger partial charge on any atom is 0.154 e. The van der Waals surface area contributed by atoms with Crippen LogP contribution in [-0.2, 0) is 95.7 Å². The van der Waals surface area contributed by atoms with Crippen LogP contribution in [0.15, 0.2) is 407 Å². The zero-order valence-corrected chi connectivity index (χ0v) is 80.5.